The first-order valence-corrected chi connectivity index (χ1v) is 12.0. The fraction of sp³-hybridized carbons (Fsp3) is 0.720. The minimum Gasteiger partial charge on any atom is -0.482 e. The molecular weight excluding hydrogens is 376 g/mol. The van der Waals surface area contributed by atoms with E-state index >= 15 is 0 Å². The summed E-state index contributed by atoms with van der Waals surface area (Å²) in [4.78, 5) is 0. The van der Waals surface area contributed by atoms with Gasteiger partial charge in [-0.15, -0.1) is 0 Å². The number of ether oxygens (including phenoxy) is 3. The molecule has 5 nitrogen and oxygen atoms in total. The van der Waals surface area contributed by atoms with Gasteiger partial charge in [0.2, 0.25) is 5.79 Å². The van der Waals surface area contributed by atoms with Crippen molar-refractivity contribution in [2.45, 2.75) is 74.7 Å². The number of nitrogens with one attached hydrogen (secondary N) is 1. The van der Waals surface area contributed by atoms with Crippen molar-refractivity contribution in [1.82, 2.24) is 5.32 Å². The lowest BCUT2D eigenvalue weighted by Gasteiger charge is -2.60. The van der Waals surface area contributed by atoms with Gasteiger partial charge in [0.25, 0.3) is 0 Å². The monoisotopic (exact) mass is 406 g/mol. The van der Waals surface area contributed by atoms with Gasteiger partial charge in [-0.2, -0.15) is 5.26 Å². The van der Waals surface area contributed by atoms with Gasteiger partial charge in [0.05, 0.1) is 18.8 Å². The molecule has 4 fully saturated rings. The summed E-state index contributed by atoms with van der Waals surface area (Å²) in [6, 6.07) is 7.16. The van der Waals surface area contributed by atoms with Gasteiger partial charge < -0.3 is 19.5 Å². The number of hydrogen-bond donors (Lipinski definition) is 1. The molecule has 2 spiro atoms. The molecular formula is C25H30N2O3. The highest BCUT2D eigenvalue weighted by Crippen LogP contribution is 2.67. The van der Waals surface area contributed by atoms with Crippen molar-refractivity contribution in [1.29, 1.82) is 5.26 Å². The first-order valence-electron chi connectivity index (χ1n) is 12.0. The number of rotatable bonds is 3. The van der Waals surface area contributed by atoms with Gasteiger partial charge in [0, 0.05) is 23.4 Å². The fourth-order valence-corrected chi connectivity index (χ4v) is 7.98. The Bertz CT molecular complexity index is 929. The second-order valence-corrected chi connectivity index (χ2v) is 10.5. The topological polar surface area (TPSA) is 63.5 Å². The van der Waals surface area contributed by atoms with Gasteiger partial charge in [-0.25, -0.2) is 0 Å². The van der Waals surface area contributed by atoms with Crippen LogP contribution in [0.5, 0.6) is 5.75 Å². The average molecular weight is 407 g/mol. The summed E-state index contributed by atoms with van der Waals surface area (Å²) >= 11 is 0. The summed E-state index contributed by atoms with van der Waals surface area (Å²) in [5.41, 5.74) is 3.35. The molecule has 1 saturated heterocycles. The maximum Gasteiger partial charge on any atom is 0.206 e. The van der Waals surface area contributed by atoms with E-state index in [1.165, 1.54) is 43.4 Å². The second kappa shape index (κ2) is 6.22. The van der Waals surface area contributed by atoms with Crippen molar-refractivity contribution < 1.29 is 14.2 Å². The van der Waals surface area contributed by atoms with Crippen LogP contribution in [0.15, 0.2) is 12.1 Å². The summed E-state index contributed by atoms with van der Waals surface area (Å²) in [5, 5.41) is 13.8. The van der Waals surface area contributed by atoms with Crippen molar-refractivity contribution in [2.24, 2.45) is 17.8 Å². The Morgan fingerprint density at radius 1 is 1.10 bits per heavy atom. The predicted octanol–water partition coefficient (Wildman–Crippen LogP) is 3.43. The zero-order valence-corrected chi connectivity index (χ0v) is 17.5. The first kappa shape index (κ1) is 18.0. The fourth-order valence-electron chi connectivity index (χ4n) is 7.98. The van der Waals surface area contributed by atoms with E-state index in [1.807, 2.05) is 6.07 Å². The summed E-state index contributed by atoms with van der Waals surface area (Å²) in [6.07, 6.45) is 9.50. The third-order valence-electron chi connectivity index (χ3n) is 9.43. The highest BCUT2D eigenvalue weighted by molar-refractivity contribution is 5.61. The van der Waals surface area contributed by atoms with E-state index in [9.17, 15) is 5.26 Å². The van der Waals surface area contributed by atoms with Crippen molar-refractivity contribution >= 4 is 0 Å². The number of nitriles is 1. The molecule has 5 atom stereocenters. The summed E-state index contributed by atoms with van der Waals surface area (Å²) < 4.78 is 19.3. The third kappa shape index (κ3) is 2.13. The van der Waals surface area contributed by atoms with E-state index in [0.717, 1.165) is 37.4 Å². The third-order valence-corrected chi connectivity index (χ3v) is 9.43. The maximum atomic E-state index is 9.78. The molecule has 6 aliphatic rings. The number of nitrogens with zero attached hydrogens (tertiary/aromatic N) is 1. The van der Waals surface area contributed by atoms with Crippen LogP contribution in [-0.2, 0) is 21.3 Å². The van der Waals surface area contributed by atoms with E-state index in [4.69, 9.17) is 14.2 Å². The molecule has 5 heteroatoms. The Kier molecular flexibility index (Phi) is 3.73. The summed E-state index contributed by atoms with van der Waals surface area (Å²) in [7, 11) is 0. The maximum absolute atomic E-state index is 9.78. The van der Waals surface area contributed by atoms with E-state index in [0.29, 0.717) is 36.7 Å². The quantitative estimate of drug-likeness (QED) is 0.833. The lowest BCUT2D eigenvalue weighted by atomic mass is 9.46. The second-order valence-electron chi connectivity index (χ2n) is 10.5. The molecule has 158 valence electrons. The molecule has 5 unspecified atom stereocenters. The van der Waals surface area contributed by atoms with Gasteiger partial charge in [-0.3, -0.25) is 0 Å². The largest absolute Gasteiger partial charge is 0.482 e. The molecule has 0 amide bonds. The minimum absolute atomic E-state index is 0.0579. The zero-order chi connectivity index (χ0) is 19.9. The van der Waals surface area contributed by atoms with Gasteiger partial charge >= 0.3 is 0 Å². The number of fused-ring (bicyclic) bond motifs is 1. The van der Waals surface area contributed by atoms with Crippen LogP contribution >= 0.6 is 0 Å². The molecule has 0 radical (unpaired) electrons. The molecule has 0 aromatic heterocycles. The predicted molar refractivity (Wildman–Crippen MR) is 110 cm³/mol. The molecule has 30 heavy (non-hydrogen) atoms. The highest BCUT2D eigenvalue weighted by atomic mass is 16.8. The number of hydrogen-bond acceptors (Lipinski definition) is 5. The van der Waals surface area contributed by atoms with E-state index in [1.54, 1.807) is 0 Å². The minimum atomic E-state index is -0.631. The smallest absolute Gasteiger partial charge is 0.206 e. The molecule has 4 aliphatic carbocycles. The van der Waals surface area contributed by atoms with Gasteiger partial charge in [0.15, 0.2) is 6.10 Å². The zero-order valence-electron chi connectivity index (χ0n) is 17.5. The van der Waals surface area contributed by atoms with Crippen molar-refractivity contribution in [3.8, 4) is 11.8 Å². The van der Waals surface area contributed by atoms with Crippen molar-refractivity contribution in [2.75, 3.05) is 19.8 Å². The summed E-state index contributed by atoms with van der Waals surface area (Å²) in [6.45, 7) is 2.47. The van der Waals surface area contributed by atoms with E-state index < -0.39 is 5.79 Å². The molecule has 2 bridgehead atoms. The van der Waals surface area contributed by atoms with E-state index in [-0.39, 0.29) is 11.5 Å². The van der Waals surface area contributed by atoms with Crippen LogP contribution in [0.25, 0.3) is 0 Å². The molecule has 3 saturated carbocycles. The molecule has 1 aromatic carbocycles. The van der Waals surface area contributed by atoms with Crippen molar-refractivity contribution in [3.05, 3.63) is 28.8 Å². The number of benzene rings is 1. The van der Waals surface area contributed by atoms with Crippen molar-refractivity contribution in [3.63, 3.8) is 0 Å². The van der Waals surface area contributed by atoms with Crippen LogP contribution in [0.1, 0.15) is 61.6 Å². The Morgan fingerprint density at radius 2 is 1.97 bits per heavy atom. The molecule has 2 aliphatic heterocycles. The Morgan fingerprint density at radius 3 is 2.73 bits per heavy atom. The van der Waals surface area contributed by atoms with E-state index in [2.05, 4.69) is 17.5 Å². The molecule has 1 N–H and O–H groups in total. The van der Waals surface area contributed by atoms with Crippen LogP contribution in [0, 0.1) is 29.1 Å². The normalized spacial score (nSPS) is 39.8. The van der Waals surface area contributed by atoms with Gasteiger partial charge in [0.1, 0.15) is 11.8 Å². The Hall–Kier alpha value is -1.61. The lowest BCUT2D eigenvalue weighted by molar-refractivity contribution is -0.260. The molecule has 2 heterocycles. The SMILES string of the molecule is N#Cc1ccc2c3c1OC1C4(CCC5C(C2)C(NCC2CCC2)CCC351)OCCO4. The van der Waals surface area contributed by atoms with Gasteiger partial charge in [-0.1, -0.05) is 12.5 Å². The Balaban J connectivity index is 1.33. The van der Waals surface area contributed by atoms with Crippen LogP contribution in [-0.4, -0.2) is 37.7 Å². The lowest BCUT2D eigenvalue weighted by Crippen LogP contribution is -2.68. The van der Waals surface area contributed by atoms with Gasteiger partial charge in [-0.05, 0) is 74.5 Å². The van der Waals surface area contributed by atoms with Crippen LogP contribution < -0.4 is 10.1 Å². The Labute approximate surface area is 178 Å². The highest BCUT2D eigenvalue weighted by Gasteiger charge is 2.71. The molecule has 1 aromatic rings. The van der Waals surface area contributed by atoms with Crippen LogP contribution in [0.4, 0.5) is 0 Å². The standard InChI is InChI=1S/C25H30N2O3/c26-13-17-5-4-16-12-18-19-6-9-25(28-10-11-29-25)23-24(19,21(16)22(17)30-23)8-7-20(18)27-14-15-2-1-3-15/h4-5,15,18-20,23,27H,1-3,6-12,14H2. The first-order chi connectivity index (χ1) is 14.7. The van der Waals surface area contributed by atoms with Crippen LogP contribution in [0.2, 0.25) is 0 Å². The summed E-state index contributed by atoms with van der Waals surface area (Å²) in [5.74, 6) is 2.31. The van der Waals surface area contributed by atoms with Crippen LogP contribution in [0.3, 0.4) is 0 Å². The molecule has 7 rings (SSSR count). The average Bonchev–Trinajstić information content (AvgIpc) is 3.33.